The van der Waals surface area contributed by atoms with Gasteiger partial charge in [0.05, 0.1) is 5.92 Å². The van der Waals surface area contributed by atoms with Crippen LogP contribution in [0, 0.1) is 11.7 Å². The number of aromatic nitrogens is 1. The molecular formula is C25H28FN3O2. The fourth-order valence-electron chi connectivity index (χ4n) is 4.46. The highest BCUT2D eigenvalue weighted by molar-refractivity contribution is 5.91. The third-order valence-electron chi connectivity index (χ3n) is 6.02. The van der Waals surface area contributed by atoms with Gasteiger partial charge in [-0.3, -0.25) is 9.59 Å². The molecule has 2 N–H and O–H groups in total. The van der Waals surface area contributed by atoms with E-state index in [1.807, 2.05) is 37.3 Å². The van der Waals surface area contributed by atoms with E-state index in [9.17, 15) is 14.0 Å². The molecule has 0 bridgehead atoms. The molecule has 1 saturated heterocycles. The van der Waals surface area contributed by atoms with E-state index >= 15 is 0 Å². The molecule has 2 heterocycles. The van der Waals surface area contributed by atoms with E-state index in [0.717, 1.165) is 40.6 Å². The summed E-state index contributed by atoms with van der Waals surface area (Å²) in [4.78, 5) is 30.4. The Morgan fingerprint density at radius 3 is 2.77 bits per heavy atom. The zero-order valence-corrected chi connectivity index (χ0v) is 17.8. The predicted octanol–water partition coefficient (Wildman–Crippen LogP) is 4.28. The minimum Gasteiger partial charge on any atom is -0.356 e. The van der Waals surface area contributed by atoms with Crippen LogP contribution >= 0.6 is 0 Å². The van der Waals surface area contributed by atoms with Crippen LogP contribution in [-0.4, -0.2) is 41.3 Å². The van der Waals surface area contributed by atoms with Gasteiger partial charge in [-0.2, -0.15) is 0 Å². The lowest BCUT2D eigenvalue weighted by atomic mass is 9.96. The van der Waals surface area contributed by atoms with Gasteiger partial charge < -0.3 is 15.2 Å². The maximum atomic E-state index is 14.0. The molecule has 31 heavy (non-hydrogen) atoms. The van der Waals surface area contributed by atoms with E-state index in [1.54, 1.807) is 11.0 Å². The van der Waals surface area contributed by atoms with Crippen molar-refractivity contribution in [3.63, 3.8) is 0 Å². The molecule has 4 rings (SSSR count). The van der Waals surface area contributed by atoms with Gasteiger partial charge in [0.1, 0.15) is 5.82 Å². The Morgan fingerprint density at radius 1 is 1.19 bits per heavy atom. The maximum Gasteiger partial charge on any atom is 0.224 e. The highest BCUT2D eigenvalue weighted by Gasteiger charge is 2.28. The molecule has 1 aromatic heterocycles. The number of aromatic amines is 1. The number of rotatable bonds is 6. The molecule has 2 aromatic carbocycles. The molecule has 1 aliphatic rings. The third-order valence-corrected chi connectivity index (χ3v) is 6.02. The number of carbonyl (C=O) groups is 2. The zero-order chi connectivity index (χ0) is 21.8. The number of fused-ring (bicyclic) bond motifs is 1. The van der Waals surface area contributed by atoms with Crippen LogP contribution in [0.25, 0.3) is 22.2 Å². The quantitative estimate of drug-likeness (QED) is 0.624. The minimum absolute atomic E-state index is 0.0264. The summed E-state index contributed by atoms with van der Waals surface area (Å²) in [5.74, 6) is -0.364. The molecule has 0 aliphatic carbocycles. The van der Waals surface area contributed by atoms with Gasteiger partial charge in [-0.05, 0) is 55.5 Å². The van der Waals surface area contributed by atoms with Crippen LogP contribution in [-0.2, 0) is 16.0 Å². The highest BCUT2D eigenvalue weighted by Crippen LogP contribution is 2.32. The Balaban J connectivity index is 1.54. The molecule has 1 atom stereocenters. The summed E-state index contributed by atoms with van der Waals surface area (Å²) in [6.45, 7) is 3.65. The monoisotopic (exact) mass is 421 g/mol. The van der Waals surface area contributed by atoms with Crippen molar-refractivity contribution >= 4 is 22.7 Å². The fraction of sp³-hybridized carbons (Fsp3) is 0.360. The number of nitrogens with one attached hydrogen (secondary N) is 2. The molecular weight excluding hydrogens is 393 g/mol. The van der Waals surface area contributed by atoms with Crippen molar-refractivity contribution in [3.05, 3.63) is 59.9 Å². The van der Waals surface area contributed by atoms with Crippen molar-refractivity contribution in [3.8, 4) is 11.3 Å². The second kappa shape index (κ2) is 9.33. The summed E-state index contributed by atoms with van der Waals surface area (Å²) in [6.07, 6.45) is 2.48. The normalized spacial score (nSPS) is 16.5. The van der Waals surface area contributed by atoms with Crippen molar-refractivity contribution < 1.29 is 14.0 Å². The number of amides is 2. The third kappa shape index (κ3) is 4.63. The first-order chi connectivity index (χ1) is 15.1. The van der Waals surface area contributed by atoms with Gasteiger partial charge >= 0.3 is 0 Å². The van der Waals surface area contributed by atoms with Crippen molar-refractivity contribution in [2.75, 3.05) is 19.6 Å². The van der Waals surface area contributed by atoms with E-state index in [1.165, 1.54) is 12.1 Å². The lowest BCUT2D eigenvalue weighted by Crippen LogP contribution is -2.45. The number of likely N-dealkylation sites (tertiary alicyclic amines) is 1. The summed E-state index contributed by atoms with van der Waals surface area (Å²) < 4.78 is 14.0. The van der Waals surface area contributed by atoms with Crippen LogP contribution in [0.5, 0.6) is 0 Å². The first kappa shape index (κ1) is 21.1. The fourth-order valence-corrected chi connectivity index (χ4v) is 4.46. The van der Waals surface area contributed by atoms with E-state index in [4.69, 9.17) is 0 Å². The van der Waals surface area contributed by atoms with Gasteiger partial charge in [0.15, 0.2) is 0 Å². The number of hydrogen-bond acceptors (Lipinski definition) is 2. The molecule has 1 fully saturated rings. The van der Waals surface area contributed by atoms with Crippen LogP contribution in [0.4, 0.5) is 4.39 Å². The summed E-state index contributed by atoms with van der Waals surface area (Å²) in [5, 5.41) is 3.67. The summed E-state index contributed by atoms with van der Waals surface area (Å²) in [5.41, 5.74) is 3.74. The number of nitrogens with zero attached hydrogens (tertiary/aromatic N) is 1. The number of aryl methyl sites for hydroxylation is 1. The molecule has 1 unspecified atom stereocenters. The predicted molar refractivity (Wildman–Crippen MR) is 120 cm³/mol. The van der Waals surface area contributed by atoms with Crippen LogP contribution in [0.2, 0.25) is 0 Å². The lowest BCUT2D eigenvalue weighted by molar-refractivity contribution is -0.135. The second-order valence-corrected chi connectivity index (χ2v) is 8.11. The summed E-state index contributed by atoms with van der Waals surface area (Å²) in [7, 11) is 0. The second-order valence-electron chi connectivity index (χ2n) is 8.11. The van der Waals surface area contributed by atoms with Gasteiger partial charge in [0.25, 0.3) is 0 Å². The van der Waals surface area contributed by atoms with Crippen LogP contribution in [0.15, 0.2) is 48.5 Å². The Labute approximate surface area is 181 Å². The number of carbonyl (C=O) groups excluding carboxylic acids is 2. The molecule has 0 spiro atoms. The molecule has 5 nitrogen and oxygen atoms in total. The Hall–Kier alpha value is -3.15. The molecule has 1 aliphatic heterocycles. The zero-order valence-electron chi connectivity index (χ0n) is 17.8. The van der Waals surface area contributed by atoms with E-state index in [-0.39, 0.29) is 23.5 Å². The molecule has 0 saturated carbocycles. The standard InChI is InChI=1S/C25H28FN3O2/c1-2-27-25(31)18-9-6-14-29(16-18)23(30)13-11-20-21-15-19(26)10-12-22(21)28-24(20)17-7-4-3-5-8-17/h3-5,7-8,10,12,15,18,28H,2,6,9,11,13-14,16H2,1H3,(H,27,31). The van der Waals surface area contributed by atoms with Gasteiger partial charge in [-0.25, -0.2) is 4.39 Å². The Kier molecular flexibility index (Phi) is 6.35. The number of hydrogen-bond donors (Lipinski definition) is 2. The highest BCUT2D eigenvalue weighted by atomic mass is 19.1. The number of piperidine rings is 1. The summed E-state index contributed by atoms with van der Waals surface area (Å²) in [6, 6.07) is 14.6. The van der Waals surface area contributed by atoms with Crippen LogP contribution < -0.4 is 5.32 Å². The Morgan fingerprint density at radius 2 is 2.00 bits per heavy atom. The van der Waals surface area contributed by atoms with Gasteiger partial charge in [0.2, 0.25) is 11.8 Å². The van der Waals surface area contributed by atoms with Crippen LogP contribution in [0.3, 0.4) is 0 Å². The van der Waals surface area contributed by atoms with Gasteiger partial charge in [-0.15, -0.1) is 0 Å². The lowest BCUT2D eigenvalue weighted by Gasteiger charge is -2.32. The number of benzene rings is 2. The van der Waals surface area contributed by atoms with E-state index < -0.39 is 0 Å². The van der Waals surface area contributed by atoms with E-state index in [0.29, 0.717) is 32.5 Å². The van der Waals surface area contributed by atoms with Crippen molar-refractivity contribution in [2.24, 2.45) is 5.92 Å². The number of H-pyrrole nitrogens is 1. The first-order valence-corrected chi connectivity index (χ1v) is 11.0. The Bertz CT molecular complexity index is 1080. The minimum atomic E-state index is -0.292. The molecule has 6 heteroatoms. The summed E-state index contributed by atoms with van der Waals surface area (Å²) >= 11 is 0. The van der Waals surface area contributed by atoms with Gasteiger partial charge in [-0.1, -0.05) is 30.3 Å². The molecule has 162 valence electrons. The largest absolute Gasteiger partial charge is 0.356 e. The van der Waals surface area contributed by atoms with Crippen molar-refractivity contribution in [1.29, 1.82) is 0 Å². The smallest absolute Gasteiger partial charge is 0.224 e. The maximum absolute atomic E-state index is 14.0. The van der Waals surface area contributed by atoms with E-state index in [2.05, 4.69) is 10.3 Å². The van der Waals surface area contributed by atoms with Crippen molar-refractivity contribution in [2.45, 2.75) is 32.6 Å². The average Bonchev–Trinajstić information content (AvgIpc) is 3.16. The molecule has 2 amide bonds. The van der Waals surface area contributed by atoms with Crippen LogP contribution in [0.1, 0.15) is 31.7 Å². The molecule has 3 aromatic rings. The van der Waals surface area contributed by atoms with Gasteiger partial charge in [0, 0.05) is 42.7 Å². The van der Waals surface area contributed by atoms with Crippen molar-refractivity contribution in [1.82, 2.24) is 15.2 Å². The topological polar surface area (TPSA) is 65.2 Å². The number of halogens is 1. The average molecular weight is 422 g/mol. The molecule has 0 radical (unpaired) electrons. The first-order valence-electron chi connectivity index (χ1n) is 11.0. The SMILES string of the molecule is CCNC(=O)C1CCCN(C(=O)CCc2c(-c3ccccc3)[nH]c3ccc(F)cc23)C1.